The van der Waals surface area contributed by atoms with E-state index in [9.17, 15) is 8.78 Å². The maximum atomic E-state index is 12.8. The van der Waals surface area contributed by atoms with Gasteiger partial charge in [-0.1, -0.05) is 30.8 Å². The third-order valence-electron chi connectivity index (χ3n) is 2.44. The second-order valence-corrected chi connectivity index (χ2v) is 3.57. The Labute approximate surface area is 98.5 Å². The quantitative estimate of drug-likeness (QED) is 0.676. The molecule has 2 aromatic rings. The lowest BCUT2D eigenvalue weighted by Crippen LogP contribution is -1.87. The minimum absolute atomic E-state index is 0.295. The van der Waals surface area contributed by atoms with Gasteiger partial charge in [0.15, 0.2) is 0 Å². The molecule has 0 radical (unpaired) electrons. The third-order valence-corrected chi connectivity index (χ3v) is 2.44. The number of rotatable bonds is 2. The van der Waals surface area contributed by atoms with Crippen LogP contribution in [0.25, 0.3) is 5.57 Å². The van der Waals surface area contributed by atoms with Crippen molar-refractivity contribution in [3.8, 4) is 0 Å². The predicted molar refractivity (Wildman–Crippen MR) is 64.4 cm³/mol. The first kappa shape index (κ1) is 11.3. The molecule has 2 aromatic carbocycles. The average molecular weight is 228 g/mol. The Morgan fingerprint density at radius 3 is 1.41 bits per heavy atom. The van der Waals surface area contributed by atoms with Gasteiger partial charge < -0.3 is 0 Å². The van der Waals surface area contributed by atoms with Gasteiger partial charge in [-0.25, -0.2) is 8.78 Å². The molecule has 0 heterocycles. The molecule has 17 heavy (non-hydrogen) atoms. The highest BCUT2D eigenvalue weighted by molar-refractivity contribution is 5.78. The van der Waals surface area contributed by atoms with E-state index >= 15 is 0 Å². The van der Waals surface area contributed by atoms with Crippen LogP contribution < -0.4 is 0 Å². The van der Waals surface area contributed by atoms with Crippen molar-refractivity contribution in [2.45, 2.75) is 0 Å². The fraction of sp³-hybridized carbons (Fsp3) is 0. The number of hydrogen-bond acceptors (Lipinski definition) is 0. The van der Waals surface area contributed by atoms with Gasteiger partial charge in [0.05, 0.1) is 0 Å². The molecule has 0 amide bonds. The van der Waals surface area contributed by atoms with E-state index in [4.69, 9.17) is 0 Å². The standard InChI is InChI=1S/C15H10F2/c1-2-15(11-3-7-13(16)8-4-11)12-5-9-14(17)10-6-12/h3-10H,1H2. The van der Waals surface area contributed by atoms with Crippen LogP contribution in [0.4, 0.5) is 8.78 Å². The summed E-state index contributed by atoms with van der Waals surface area (Å²) in [6.07, 6.45) is 0. The van der Waals surface area contributed by atoms with Crippen molar-refractivity contribution in [1.82, 2.24) is 0 Å². The summed E-state index contributed by atoms with van der Waals surface area (Å²) in [6.45, 7) is 3.61. The molecule has 0 N–H and O–H groups in total. The topological polar surface area (TPSA) is 0 Å². The summed E-state index contributed by atoms with van der Waals surface area (Å²) in [5, 5.41) is 0. The van der Waals surface area contributed by atoms with Crippen LogP contribution in [0.15, 0.2) is 60.8 Å². The van der Waals surface area contributed by atoms with E-state index in [1.165, 1.54) is 24.3 Å². The first-order valence-corrected chi connectivity index (χ1v) is 5.12. The third kappa shape index (κ3) is 2.49. The Bertz CT molecular complexity index is 511. The van der Waals surface area contributed by atoms with Crippen LogP contribution in [0.2, 0.25) is 0 Å². The summed E-state index contributed by atoms with van der Waals surface area (Å²) in [6, 6.07) is 12.1. The molecule has 0 aliphatic carbocycles. The molecule has 0 saturated carbocycles. The van der Waals surface area contributed by atoms with Gasteiger partial charge in [-0.15, -0.1) is 5.73 Å². The summed E-state index contributed by atoms with van der Waals surface area (Å²) in [5.74, 6) is -0.590. The van der Waals surface area contributed by atoms with Crippen LogP contribution in [0, 0.1) is 11.6 Å². The van der Waals surface area contributed by atoms with E-state index in [1.54, 1.807) is 24.3 Å². The van der Waals surface area contributed by atoms with Crippen LogP contribution >= 0.6 is 0 Å². The van der Waals surface area contributed by atoms with E-state index in [-0.39, 0.29) is 11.6 Å². The molecule has 2 rings (SSSR count). The second kappa shape index (κ2) is 4.77. The van der Waals surface area contributed by atoms with Gasteiger partial charge in [0, 0.05) is 5.57 Å². The van der Waals surface area contributed by atoms with Crippen molar-refractivity contribution in [1.29, 1.82) is 0 Å². The fourth-order valence-corrected chi connectivity index (χ4v) is 1.60. The van der Waals surface area contributed by atoms with E-state index < -0.39 is 0 Å². The molecule has 0 unspecified atom stereocenters. The molecule has 0 bridgehead atoms. The van der Waals surface area contributed by atoms with Gasteiger partial charge in [0.25, 0.3) is 0 Å². The number of halogens is 2. The Morgan fingerprint density at radius 2 is 1.12 bits per heavy atom. The number of hydrogen-bond donors (Lipinski definition) is 0. The summed E-state index contributed by atoms with van der Waals surface area (Å²) in [5.41, 5.74) is 5.12. The highest BCUT2D eigenvalue weighted by Crippen LogP contribution is 2.22. The molecule has 0 aliphatic heterocycles. The Hall–Kier alpha value is -2.18. The van der Waals surface area contributed by atoms with Gasteiger partial charge in [0.2, 0.25) is 0 Å². The molecule has 0 atom stereocenters. The normalized spacial score (nSPS) is 9.76. The zero-order valence-electron chi connectivity index (χ0n) is 9.08. The monoisotopic (exact) mass is 228 g/mol. The second-order valence-electron chi connectivity index (χ2n) is 3.57. The Morgan fingerprint density at radius 1 is 0.765 bits per heavy atom. The summed E-state index contributed by atoms with van der Waals surface area (Å²) in [7, 11) is 0. The minimum Gasteiger partial charge on any atom is -0.207 e. The van der Waals surface area contributed by atoms with Crippen LogP contribution in [-0.2, 0) is 0 Å². The maximum absolute atomic E-state index is 12.8. The smallest absolute Gasteiger partial charge is 0.123 e. The summed E-state index contributed by atoms with van der Waals surface area (Å²) < 4.78 is 25.6. The van der Waals surface area contributed by atoms with Crippen molar-refractivity contribution >= 4 is 5.57 Å². The first-order valence-electron chi connectivity index (χ1n) is 5.12. The van der Waals surface area contributed by atoms with Crippen LogP contribution in [-0.4, -0.2) is 0 Å². The Balaban J connectivity index is 2.44. The summed E-state index contributed by atoms with van der Waals surface area (Å²) >= 11 is 0. The number of benzene rings is 2. The molecular formula is C15H10F2. The zero-order valence-corrected chi connectivity index (χ0v) is 9.08. The fourth-order valence-electron chi connectivity index (χ4n) is 1.60. The molecule has 0 fully saturated rings. The highest BCUT2D eigenvalue weighted by atomic mass is 19.1. The van der Waals surface area contributed by atoms with Crippen molar-refractivity contribution in [3.05, 3.63) is 83.6 Å². The highest BCUT2D eigenvalue weighted by Gasteiger charge is 2.04. The molecule has 0 nitrogen and oxygen atoms in total. The maximum Gasteiger partial charge on any atom is 0.123 e. The van der Waals surface area contributed by atoms with E-state index in [0.717, 1.165) is 16.7 Å². The minimum atomic E-state index is -0.295. The van der Waals surface area contributed by atoms with Crippen LogP contribution in [0.5, 0.6) is 0 Å². The van der Waals surface area contributed by atoms with Crippen molar-refractivity contribution in [3.63, 3.8) is 0 Å². The molecule has 0 aromatic heterocycles. The van der Waals surface area contributed by atoms with Crippen molar-refractivity contribution < 1.29 is 8.78 Å². The lowest BCUT2D eigenvalue weighted by molar-refractivity contribution is 0.627. The van der Waals surface area contributed by atoms with Gasteiger partial charge >= 0.3 is 0 Å². The Kier molecular flexibility index (Phi) is 3.17. The van der Waals surface area contributed by atoms with Crippen LogP contribution in [0.3, 0.4) is 0 Å². The zero-order chi connectivity index (χ0) is 12.3. The molecule has 0 spiro atoms. The van der Waals surface area contributed by atoms with Crippen molar-refractivity contribution in [2.24, 2.45) is 0 Å². The summed E-state index contributed by atoms with van der Waals surface area (Å²) in [4.78, 5) is 0. The SMILES string of the molecule is C=C=C(c1ccc(F)cc1)c1ccc(F)cc1. The van der Waals surface area contributed by atoms with E-state index in [2.05, 4.69) is 12.3 Å². The van der Waals surface area contributed by atoms with Crippen molar-refractivity contribution in [2.75, 3.05) is 0 Å². The predicted octanol–water partition coefficient (Wildman–Crippen LogP) is 4.18. The van der Waals surface area contributed by atoms with Gasteiger partial charge in [-0.2, -0.15) is 0 Å². The molecule has 0 aliphatic rings. The van der Waals surface area contributed by atoms with E-state index in [1.807, 2.05) is 0 Å². The van der Waals surface area contributed by atoms with Gasteiger partial charge in [0.1, 0.15) is 11.6 Å². The van der Waals surface area contributed by atoms with Gasteiger partial charge in [-0.3, -0.25) is 0 Å². The van der Waals surface area contributed by atoms with E-state index in [0.29, 0.717) is 0 Å². The lowest BCUT2D eigenvalue weighted by atomic mass is 9.99. The van der Waals surface area contributed by atoms with Gasteiger partial charge in [-0.05, 0) is 35.4 Å². The molecular weight excluding hydrogens is 218 g/mol. The molecule has 2 heteroatoms. The molecule has 84 valence electrons. The lowest BCUT2D eigenvalue weighted by Gasteiger charge is -2.05. The largest absolute Gasteiger partial charge is 0.207 e. The molecule has 0 saturated heterocycles. The average Bonchev–Trinajstić information content (AvgIpc) is 2.35. The first-order chi connectivity index (χ1) is 8.20. The van der Waals surface area contributed by atoms with Crippen LogP contribution in [0.1, 0.15) is 11.1 Å².